The molecule has 0 fully saturated rings. The maximum absolute atomic E-state index is 13.0. The first-order valence-electron chi connectivity index (χ1n) is 7.81. The lowest BCUT2D eigenvalue weighted by Gasteiger charge is -2.17. The lowest BCUT2D eigenvalue weighted by atomic mass is 10.2. The van der Waals surface area contributed by atoms with Crippen LogP contribution in [0.1, 0.15) is 5.56 Å². The standard InChI is InChI=1S/C16H10F6N2O5S/c17-15(18,19)7-28-12-4-1-8(16(20,21)22)5-11(12)24-30(26,27)9-2-3-10-13(6-9)29-14(25)23-10/h1-6,24H,7H2,(H,23,25). The number of rotatable bonds is 5. The van der Waals surface area contributed by atoms with Gasteiger partial charge in [0.2, 0.25) is 0 Å². The Kier molecular flexibility index (Phi) is 5.22. The number of hydrogen-bond acceptors (Lipinski definition) is 5. The van der Waals surface area contributed by atoms with Gasteiger partial charge in [0.05, 0.1) is 21.7 Å². The highest BCUT2D eigenvalue weighted by Crippen LogP contribution is 2.36. The molecule has 2 N–H and O–H groups in total. The van der Waals surface area contributed by atoms with Gasteiger partial charge in [0.1, 0.15) is 5.75 Å². The smallest absolute Gasteiger partial charge is 0.422 e. The van der Waals surface area contributed by atoms with E-state index in [0.717, 1.165) is 12.1 Å². The molecule has 0 unspecified atom stereocenters. The predicted octanol–water partition coefficient (Wildman–Crippen LogP) is 3.88. The van der Waals surface area contributed by atoms with E-state index in [9.17, 15) is 39.6 Å². The van der Waals surface area contributed by atoms with Crippen molar-refractivity contribution in [1.29, 1.82) is 0 Å². The van der Waals surface area contributed by atoms with Crippen LogP contribution in [0.25, 0.3) is 11.1 Å². The van der Waals surface area contributed by atoms with Gasteiger partial charge < -0.3 is 9.15 Å². The van der Waals surface area contributed by atoms with Gasteiger partial charge in [0, 0.05) is 6.07 Å². The Balaban J connectivity index is 2.01. The average molecular weight is 456 g/mol. The Bertz CT molecular complexity index is 1240. The third kappa shape index (κ3) is 4.87. The lowest BCUT2D eigenvalue weighted by Crippen LogP contribution is -2.21. The molecule has 3 rings (SSSR count). The highest BCUT2D eigenvalue weighted by Gasteiger charge is 2.33. The molecule has 0 saturated heterocycles. The van der Waals surface area contributed by atoms with Crippen molar-refractivity contribution < 1.29 is 43.9 Å². The Morgan fingerprint density at radius 1 is 1.03 bits per heavy atom. The molecule has 162 valence electrons. The predicted molar refractivity (Wildman–Crippen MR) is 90.6 cm³/mol. The Hall–Kier alpha value is -3.16. The number of fused-ring (bicyclic) bond motifs is 1. The van der Waals surface area contributed by atoms with Crippen molar-refractivity contribution in [3.8, 4) is 5.75 Å². The number of hydrogen-bond donors (Lipinski definition) is 2. The summed E-state index contributed by atoms with van der Waals surface area (Å²) in [5.74, 6) is -1.63. The number of aromatic amines is 1. The van der Waals surface area contributed by atoms with Crippen molar-refractivity contribution in [2.24, 2.45) is 0 Å². The minimum absolute atomic E-state index is 0.152. The van der Waals surface area contributed by atoms with Gasteiger partial charge in [-0.2, -0.15) is 26.3 Å². The molecular weight excluding hydrogens is 446 g/mol. The van der Waals surface area contributed by atoms with Crippen LogP contribution in [0, 0.1) is 0 Å². The number of alkyl halides is 6. The molecule has 30 heavy (non-hydrogen) atoms. The van der Waals surface area contributed by atoms with E-state index in [-0.39, 0.29) is 11.1 Å². The molecule has 3 aromatic rings. The Labute approximate surface area is 163 Å². The zero-order chi connectivity index (χ0) is 22.3. The van der Waals surface area contributed by atoms with E-state index >= 15 is 0 Å². The average Bonchev–Trinajstić information content (AvgIpc) is 2.97. The summed E-state index contributed by atoms with van der Waals surface area (Å²) in [7, 11) is -4.59. The van der Waals surface area contributed by atoms with Gasteiger partial charge in [0.15, 0.2) is 12.2 Å². The van der Waals surface area contributed by atoms with E-state index in [1.807, 2.05) is 0 Å². The first-order chi connectivity index (χ1) is 13.7. The van der Waals surface area contributed by atoms with Crippen LogP contribution in [0.4, 0.5) is 32.0 Å². The monoisotopic (exact) mass is 456 g/mol. The van der Waals surface area contributed by atoms with Gasteiger partial charge >= 0.3 is 18.1 Å². The van der Waals surface area contributed by atoms with E-state index in [2.05, 4.69) is 9.72 Å². The molecule has 1 heterocycles. The molecular formula is C16H10F6N2O5S. The molecule has 0 radical (unpaired) electrons. The summed E-state index contributed by atoms with van der Waals surface area (Å²) in [4.78, 5) is 12.9. The number of halogens is 6. The molecule has 0 aliphatic carbocycles. The number of sulfonamides is 1. The zero-order valence-corrected chi connectivity index (χ0v) is 15.2. The topological polar surface area (TPSA) is 101 Å². The summed E-state index contributed by atoms with van der Waals surface area (Å²) in [5, 5.41) is 0. The highest BCUT2D eigenvalue weighted by molar-refractivity contribution is 7.92. The zero-order valence-electron chi connectivity index (χ0n) is 14.4. The van der Waals surface area contributed by atoms with Gasteiger partial charge in [-0.3, -0.25) is 9.71 Å². The normalized spacial score (nSPS) is 12.9. The fourth-order valence-electron chi connectivity index (χ4n) is 2.37. The van der Waals surface area contributed by atoms with Gasteiger partial charge in [-0.25, -0.2) is 13.2 Å². The van der Waals surface area contributed by atoms with Crippen LogP contribution in [0.2, 0.25) is 0 Å². The first-order valence-corrected chi connectivity index (χ1v) is 9.29. The quantitative estimate of drug-likeness (QED) is 0.568. The molecule has 0 saturated carbocycles. The van der Waals surface area contributed by atoms with Crippen LogP contribution in [0.3, 0.4) is 0 Å². The number of H-pyrrole nitrogens is 1. The van der Waals surface area contributed by atoms with E-state index in [0.29, 0.717) is 18.2 Å². The maximum Gasteiger partial charge on any atom is 0.422 e. The summed E-state index contributed by atoms with van der Waals surface area (Å²) in [6.07, 6.45) is -9.70. The van der Waals surface area contributed by atoms with Crippen LogP contribution in [0.15, 0.2) is 50.5 Å². The van der Waals surface area contributed by atoms with Crippen molar-refractivity contribution in [3.63, 3.8) is 0 Å². The third-order valence-electron chi connectivity index (χ3n) is 3.65. The molecule has 0 aliphatic heterocycles. The van der Waals surface area contributed by atoms with Crippen LogP contribution in [-0.4, -0.2) is 26.2 Å². The largest absolute Gasteiger partial charge is 0.482 e. The summed E-state index contributed by atoms with van der Waals surface area (Å²) in [6, 6.07) is 4.42. The molecule has 0 spiro atoms. The summed E-state index contributed by atoms with van der Waals surface area (Å²) in [6.45, 7) is -1.85. The Morgan fingerprint density at radius 2 is 1.73 bits per heavy atom. The van der Waals surface area contributed by atoms with Crippen molar-refractivity contribution >= 4 is 26.8 Å². The first kappa shape index (κ1) is 21.5. The van der Waals surface area contributed by atoms with Crippen LogP contribution in [0.5, 0.6) is 5.75 Å². The van der Waals surface area contributed by atoms with E-state index in [4.69, 9.17) is 4.42 Å². The lowest BCUT2D eigenvalue weighted by molar-refractivity contribution is -0.153. The van der Waals surface area contributed by atoms with Crippen LogP contribution in [-0.2, 0) is 16.2 Å². The molecule has 7 nitrogen and oxygen atoms in total. The van der Waals surface area contributed by atoms with E-state index < -0.39 is 56.6 Å². The number of oxazole rings is 1. The van der Waals surface area contributed by atoms with Crippen molar-refractivity contribution in [2.45, 2.75) is 17.2 Å². The van der Waals surface area contributed by atoms with Crippen molar-refractivity contribution in [2.75, 3.05) is 11.3 Å². The second-order valence-corrected chi connectivity index (χ2v) is 7.57. The molecule has 14 heteroatoms. The van der Waals surface area contributed by atoms with Gasteiger partial charge in [-0.15, -0.1) is 0 Å². The fraction of sp³-hybridized carbons (Fsp3) is 0.188. The van der Waals surface area contributed by atoms with Gasteiger partial charge in [0.25, 0.3) is 10.0 Å². The minimum Gasteiger partial charge on any atom is -0.482 e. The molecule has 2 aromatic carbocycles. The molecule has 0 amide bonds. The van der Waals surface area contributed by atoms with Crippen molar-refractivity contribution in [1.82, 2.24) is 4.98 Å². The second kappa shape index (κ2) is 7.27. The molecule has 1 aromatic heterocycles. The van der Waals surface area contributed by atoms with E-state index in [1.54, 1.807) is 4.72 Å². The van der Waals surface area contributed by atoms with Crippen LogP contribution < -0.4 is 15.2 Å². The number of benzene rings is 2. The Morgan fingerprint density at radius 3 is 2.37 bits per heavy atom. The molecule has 0 atom stereocenters. The number of aromatic nitrogens is 1. The van der Waals surface area contributed by atoms with Crippen molar-refractivity contribution in [3.05, 3.63) is 52.5 Å². The minimum atomic E-state index is -4.89. The second-order valence-electron chi connectivity index (χ2n) is 5.89. The third-order valence-corrected chi connectivity index (χ3v) is 5.01. The summed E-state index contributed by atoms with van der Waals surface area (Å²) in [5.41, 5.74) is -2.16. The maximum atomic E-state index is 13.0. The number of ether oxygens (including phenoxy) is 1. The van der Waals surface area contributed by atoms with E-state index in [1.165, 1.54) is 6.07 Å². The van der Waals surface area contributed by atoms with Gasteiger partial charge in [-0.05, 0) is 30.3 Å². The molecule has 0 aliphatic rings. The van der Waals surface area contributed by atoms with Gasteiger partial charge in [-0.1, -0.05) is 0 Å². The fourth-order valence-corrected chi connectivity index (χ4v) is 3.44. The molecule has 0 bridgehead atoms. The SMILES string of the molecule is O=c1[nH]c2ccc(S(=O)(=O)Nc3cc(C(F)(F)F)ccc3OCC(F)(F)F)cc2o1. The summed E-state index contributed by atoms with van der Waals surface area (Å²) >= 11 is 0. The summed E-state index contributed by atoms with van der Waals surface area (Å²) < 4.78 is 112. The highest BCUT2D eigenvalue weighted by atomic mass is 32.2. The van der Waals surface area contributed by atoms with Crippen LogP contribution >= 0.6 is 0 Å². The number of anilines is 1. The number of nitrogens with one attached hydrogen (secondary N) is 2.